The Morgan fingerprint density at radius 1 is 1.46 bits per heavy atom. The van der Waals surface area contributed by atoms with Crippen molar-refractivity contribution in [2.45, 2.75) is 56.7 Å². The van der Waals surface area contributed by atoms with Crippen LogP contribution in [0.3, 0.4) is 0 Å². The third kappa shape index (κ3) is 4.91. The number of anilines is 1. The van der Waals surface area contributed by atoms with Crippen LogP contribution in [0.15, 0.2) is 11.0 Å². The van der Waals surface area contributed by atoms with Crippen molar-refractivity contribution in [3.8, 4) is 0 Å². The van der Waals surface area contributed by atoms with Gasteiger partial charge in [-0.15, -0.1) is 0 Å². The van der Waals surface area contributed by atoms with Crippen molar-refractivity contribution < 1.29 is 23.4 Å². The van der Waals surface area contributed by atoms with Gasteiger partial charge in [0, 0.05) is 31.8 Å². The number of aliphatic hydroxyl groups is 1. The number of hydrogen-bond donors (Lipinski definition) is 2. The Morgan fingerprint density at radius 3 is 2.96 bits per heavy atom. The molecular formula is C17H23ClF2N4O4. The van der Waals surface area contributed by atoms with Crippen LogP contribution in [0.4, 0.5) is 19.3 Å². The highest BCUT2D eigenvalue weighted by Gasteiger charge is 2.37. The van der Waals surface area contributed by atoms with Crippen molar-refractivity contribution in [1.29, 1.82) is 0 Å². The number of ether oxygens (including phenoxy) is 1. The van der Waals surface area contributed by atoms with Crippen LogP contribution in [-0.2, 0) is 11.3 Å². The van der Waals surface area contributed by atoms with E-state index < -0.39 is 29.7 Å². The number of amides is 1. The van der Waals surface area contributed by atoms with Crippen LogP contribution in [-0.4, -0.2) is 58.7 Å². The van der Waals surface area contributed by atoms with Gasteiger partial charge in [-0.25, -0.2) is 18.3 Å². The van der Waals surface area contributed by atoms with Gasteiger partial charge in [-0.2, -0.15) is 5.10 Å². The summed E-state index contributed by atoms with van der Waals surface area (Å²) in [6, 6.07) is -0.591. The van der Waals surface area contributed by atoms with E-state index in [0.29, 0.717) is 38.0 Å². The van der Waals surface area contributed by atoms with Crippen molar-refractivity contribution in [3.63, 3.8) is 0 Å². The van der Waals surface area contributed by atoms with Gasteiger partial charge < -0.3 is 20.1 Å². The summed E-state index contributed by atoms with van der Waals surface area (Å²) in [6.45, 7) is 0.638. The molecular weight excluding hydrogens is 398 g/mol. The molecule has 8 nitrogen and oxygen atoms in total. The normalized spacial score (nSPS) is 24.2. The highest BCUT2D eigenvalue weighted by molar-refractivity contribution is 6.33. The molecule has 2 atom stereocenters. The van der Waals surface area contributed by atoms with E-state index in [4.69, 9.17) is 21.4 Å². The number of halogens is 3. The molecule has 0 unspecified atom stereocenters. The van der Waals surface area contributed by atoms with Crippen molar-refractivity contribution in [2.75, 3.05) is 24.6 Å². The monoisotopic (exact) mass is 420 g/mol. The first kappa shape index (κ1) is 20.8. The largest absolute Gasteiger partial charge is 0.444 e. The van der Waals surface area contributed by atoms with Gasteiger partial charge in [0.15, 0.2) is 0 Å². The van der Waals surface area contributed by atoms with Gasteiger partial charge in [0.2, 0.25) is 5.92 Å². The second-order valence-corrected chi connectivity index (χ2v) is 7.53. The van der Waals surface area contributed by atoms with E-state index in [1.807, 2.05) is 0 Å². The molecule has 28 heavy (non-hydrogen) atoms. The minimum atomic E-state index is -2.75. The lowest BCUT2D eigenvalue weighted by Gasteiger charge is -2.29. The molecule has 3 rings (SSSR count). The zero-order valence-corrected chi connectivity index (χ0v) is 16.0. The molecule has 1 aliphatic heterocycles. The quantitative estimate of drug-likeness (QED) is 0.753. The molecule has 156 valence electrons. The summed E-state index contributed by atoms with van der Waals surface area (Å²) in [6.07, 6.45) is 1.15. The average Bonchev–Trinajstić information content (AvgIpc) is 3.06. The highest BCUT2D eigenvalue weighted by atomic mass is 35.5. The second-order valence-electron chi connectivity index (χ2n) is 7.15. The maximum Gasteiger partial charge on any atom is 0.407 e. The topological polar surface area (TPSA) is 96.7 Å². The minimum absolute atomic E-state index is 0.0158. The molecule has 1 saturated heterocycles. The third-order valence-electron chi connectivity index (χ3n) is 5.00. The fraction of sp³-hybridized carbons (Fsp3) is 0.706. The number of alkyl carbamates (subject to hydrolysis) is 1. The summed E-state index contributed by atoms with van der Waals surface area (Å²) in [5, 5.41) is 15.4. The number of hydrogen-bond acceptors (Lipinski definition) is 6. The summed E-state index contributed by atoms with van der Waals surface area (Å²) in [7, 11) is 0. The van der Waals surface area contributed by atoms with E-state index in [0.717, 1.165) is 4.68 Å². The Balaban J connectivity index is 1.55. The lowest BCUT2D eigenvalue weighted by molar-refractivity contribution is -0.0439. The first-order valence-corrected chi connectivity index (χ1v) is 9.63. The summed E-state index contributed by atoms with van der Waals surface area (Å²) in [5.41, 5.74) is -0.0761. The van der Waals surface area contributed by atoms with Gasteiger partial charge in [0.1, 0.15) is 11.1 Å². The Labute approximate surface area is 165 Å². The van der Waals surface area contributed by atoms with Crippen molar-refractivity contribution in [2.24, 2.45) is 0 Å². The second kappa shape index (κ2) is 8.60. The lowest BCUT2D eigenvalue weighted by Crippen LogP contribution is -2.43. The third-order valence-corrected chi connectivity index (χ3v) is 5.36. The molecule has 1 aromatic heterocycles. The van der Waals surface area contributed by atoms with Crippen LogP contribution in [0.5, 0.6) is 0 Å². The van der Waals surface area contributed by atoms with E-state index in [1.165, 1.54) is 6.20 Å². The smallest absolute Gasteiger partial charge is 0.407 e. The summed E-state index contributed by atoms with van der Waals surface area (Å²) in [5.74, 6) is -2.75. The standard InChI is InChI=1S/C17H23ClF2N4O4/c18-14-13(9-21-24(6-7-25)15(14)26)23-5-3-12(10-23)28-16(27)22-11-2-1-4-17(19,20)8-11/h9,11-12,25H,1-8,10H2,(H,22,27)/t11-,12+/m0/s1. The fourth-order valence-corrected chi connectivity index (χ4v) is 3.89. The van der Waals surface area contributed by atoms with Gasteiger partial charge in [-0.1, -0.05) is 11.6 Å². The number of nitrogens with one attached hydrogen (secondary N) is 1. The van der Waals surface area contributed by atoms with Gasteiger partial charge in [0.25, 0.3) is 5.56 Å². The van der Waals surface area contributed by atoms with Crippen molar-refractivity contribution in [1.82, 2.24) is 15.1 Å². The predicted octanol–water partition coefficient (Wildman–Crippen LogP) is 1.77. The molecule has 1 aliphatic carbocycles. The summed E-state index contributed by atoms with van der Waals surface area (Å²) < 4.78 is 33.3. The predicted molar refractivity (Wildman–Crippen MR) is 98.0 cm³/mol. The van der Waals surface area contributed by atoms with Gasteiger partial charge in [-0.05, 0) is 12.8 Å². The van der Waals surface area contributed by atoms with Crippen molar-refractivity contribution in [3.05, 3.63) is 21.6 Å². The van der Waals surface area contributed by atoms with E-state index in [-0.39, 0.29) is 31.0 Å². The van der Waals surface area contributed by atoms with E-state index >= 15 is 0 Å². The molecule has 2 heterocycles. The number of nitrogens with zero attached hydrogens (tertiary/aromatic N) is 3. The first-order valence-electron chi connectivity index (χ1n) is 9.25. The number of alkyl halides is 2. The molecule has 2 aliphatic rings. The van der Waals surface area contributed by atoms with Gasteiger partial charge >= 0.3 is 6.09 Å². The fourth-order valence-electron chi connectivity index (χ4n) is 3.62. The molecule has 1 aromatic rings. The van der Waals surface area contributed by atoms with Gasteiger partial charge in [-0.3, -0.25) is 4.79 Å². The Morgan fingerprint density at radius 2 is 2.25 bits per heavy atom. The van der Waals surface area contributed by atoms with Gasteiger partial charge in [0.05, 0.1) is 31.6 Å². The van der Waals surface area contributed by atoms with E-state index in [1.54, 1.807) is 4.90 Å². The number of rotatable bonds is 5. The van der Waals surface area contributed by atoms with Crippen LogP contribution in [0, 0.1) is 0 Å². The molecule has 0 bridgehead atoms. The average molecular weight is 421 g/mol. The lowest BCUT2D eigenvalue weighted by atomic mass is 9.92. The summed E-state index contributed by atoms with van der Waals surface area (Å²) in [4.78, 5) is 26.0. The number of aliphatic hydroxyl groups excluding tert-OH is 1. The molecule has 0 radical (unpaired) electrons. The Bertz CT molecular complexity index is 776. The zero-order chi connectivity index (χ0) is 20.3. The molecule has 1 saturated carbocycles. The first-order chi connectivity index (χ1) is 13.3. The Hall–Kier alpha value is -1.94. The maximum atomic E-state index is 13.4. The number of carbonyl (C=O) groups is 1. The molecule has 0 aromatic carbocycles. The molecule has 0 spiro atoms. The van der Waals surface area contributed by atoms with E-state index in [2.05, 4.69) is 10.4 Å². The van der Waals surface area contributed by atoms with Crippen LogP contribution >= 0.6 is 11.6 Å². The molecule has 2 N–H and O–H groups in total. The zero-order valence-electron chi connectivity index (χ0n) is 15.2. The van der Waals surface area contributed by atoms with Crippen LogP contribution in [0.1, 0.15) is 32.1 Å². The highest BCUT2D eigenvalue weighted by Crippen LogP contribution is 2.33. The Kier molecular flexibility index (Phi) is 6.39. The summed E-state index contributed by atoms with van der Waals surface area (Å²) >= 11 is 6.14. The van der Waals surface area contributed by atoms with Crippen LogP contribution in [0.2, 0.25) is 5.02 Å². The SMILES string of the molecule is O=C(N[C@H]1CCCC(F)(F)C1)O[C@@H]1CCN(c2cnn(CCO)c(=O)c2Cl)C1. The minimum Gasteiger partial charge on any atom is -0.444 e. The van der Waals surface area contributed by atoms with Crippen molar-refractivity contribution >= 4 is 23.4 Å². The van der Waals surface area contributed by atoms with Crippen LogP contribution < -0.4 is 15.8 Å². The van der Waals surface area contributed by atoms with E-state index in [9.17, 15) is 18.4 Å². The maximum absolute atomic E-state index is 13.4. The molecule has 11 heteroatoms. The molecule has 2 fully saturated rings. The number of carbonyl (C=O) groups excluding carboxylic acids is 1. The molecule has 1 amide bonds. The number of aromatic nitrogens is 2. The van der Waals surface area contributed by atoms with Crippen LogP contribution in [0.25, 0.3) is 0 Å².